The Balaban J connectivity index is 1.65. The molecule has 2 rings (SSSR count). The number of nitrogens with one attached hydrogen (secondary N) is 1. The van der Waals surface area contributed by atoms with Crippen molar-refractivity contribution in [2.24, 2.45) is 5.41 Å². The first-order valence-electron chi connectivity index (χ1n) is 12.0. The molecule has 0 aliphatic heterocycles. The third-order valence-corrected chi connectivity index (χ3v) is 6.73. The summed E-state index contributed by atoms with van der Waals surface area (Å²) in [5.41, 5.74) is -0.600. The Morgan fingerprint density at radius 3 is 2.34 bits per heavy atom. The largest absolute Gasteiger partial charge is 0.492 e. The van der Waals surface area contributed by atoms with Crippen LogP contribution in [0.4, 0.5) is 0 Å². The van der Waals surface area contributed by atoms with Gasteiger partial charge < -0.3 is 20.3 Å². The van der Waals surface area contributed by atoms with Gasteiger partial charge in [-0.2, -0.15) is 0 Å². The standard InChI is InChI=1S/C25H38ClNO5/c1-2-3-4-5-6-7-8-9-16-32-22-11-10-19(17-21(22)26)13-15-27-20-12-14-25(18-20,23(28)29)24(30)31/h10-11,17,20,27H,2-9,12-16,18H2,1H3,(H,28,29)(H,30,31). The van der Waals surface area contributed by atoms with Crippen molar-refractivity contribution in [2.75, 3.05) is 13.2 Å². The molecule has 0 aromatic heterocycles. The van der Waals surface area contributed by atoms with E-state index >= 15 is 0 Å². The van der Waals surface area contributed by atoms with Crippen LogP contribution < -0.4 is 10.1 Å². The third kappa shape index (κ3) is 7.96. The number of aliphatic carboxylic acids is 2. The molecule has 1 saturated carbocycles. The molecule has 3 N–H and O–H groups in total. The van der Waals surface area contributed by atoms with Crippen molar-refractivity contribution in [2.45, 2.75) is 90.0 Å². The fourth-order valence-electron chi connectivity index (χ4n) is 4.36. The molecule has 1 aromatic carbocycles. The highest BCUT2D eigenvalue weighted by Gasteiger charge is 2.51. The molecule has 1 aliphatic rings. The lowest BCUT2D eigenvalue weighted by molar-refractivity contribution is -0.164. The highest BCUT2D eigenvalue weighted by atomic mass is 35.5. The van der Waals surface area contributed by atoms with E-state index in [0.717, 1.165) is 18.4 Å². The Hall–Kier alpha value is -1.79. The van der Waals surface area contributed by atoms with Crippen LogP contribution in [-0.4, -0.2) is 41.3 Å². The van der Waals surface area contributed by atoms with E-state index in [0.29, 0.717) is 30.3 Å². The van der Waals surface area contributed by atoms with Crippen molar-refractivity contribution < 1.29 is 24.5 Å². The molecule has 0 amide bonds. The van der Waals surface area contributed by atoms with E-state index in [1.165, 1.54) is 44.9 Å². The summed E-state index contributed by atoms with van der Waals surface area (Å²) < 4.78 is 5.83. The summed E-state index contributed by atoms with van der Waals surface area (Å²) in [4.78, 5) is 22.8. The van der Waals surface area contributed by atoms with E-state index in [9.17, 15) is 19.8 Å². The number of hydrogen-bond acceptors (Lipinski definition) is 4. The second kappa shape index (κ2) is 13.7. The summed E-state index contributed by atoms with van der Waals surface area (Å²) in [5, 5.41) is 22.5. The predicted octanol–water partition coefficient (Wildman–Crippen LogP) is 5.70. The number of ether oxygens (including phenoxy) is 1. The summed E-state index contributed by atoms with van der Waals surface area (Å²) in [6.45, 7) is 3.54. The number of carboxylic acids is 2. The molecule has 0 heterocycles. The summed E-state index contributed by atoms with van der Waals surface area (Å²) >= 11 is 6.38. The lowest BCUT2D eigenvalue weighted by atomic mass is 9.86. The first-order valence-corrected chi connectivity index (χ1v) is 12.4. The molecule has 1 atom stereocenters. The summed E-state index contributed by atoms with van der Waals surface area (Å²) in [6, 6.07) is 5.69. The van der Waals surface area contributed by atoms with Crippen molar-refractivity contribution >= 4 is 23.5 Å². The first-order chi connectivity index (χ1) is 15.4. The molecular formula is C25H38ClNO5. The highest BCUT2D eigenvalue weighted by Crippen LogP contribution is 2.39. The topological polar surface area (TPSA) is 95.9 Å². The van der Waals surface area contributed by atoms with E-state index in [-0.39, 0.29) is 18.9 Å². The lowest BCUT2D eigenvalue weighted by Crippen LogP contribution is -2.39. The van der Waals surface area contributed by atoms with E-state index in [1.807, 2.05) is 18.2 Å². The maximum absolute atomic E-state index is 11.4. The molecule has 7 heteroatoms. The van der Waals surface area contributed by atoms with Crippen LogP contribution in [0.1, 0.15) is 83.1 Å². The number of carbonyl (C=O) groups is 2. The SMILES string of the molecule is CCCCCCCCCCOc1ccc(CCNC2CCC(C(=O)O)(C(=O)O)C2)cc1Cl. The van der Waals surface area contributed by atoms with Crippen LogP contribution in [0.2, 0.25) is 5.02 Å². The number of halogens is 1. The van der Waals surface area contributed by atoms with Crippen LogP contribution in [0.15, 0.2) is 18.2 Å². The fourth-order valence-corrected chi connectivity index (χ4v) is 4.61. The zero-order valence-corrected chi connectivity index (χ0v) is 20.0. The Morgan fingerprint density at radius 2 is 1.75 bits per heavy atom. The molecule has 0 saturated heterocycles. The number of rotatable bonds is 16. The van der Waals surface area contributed by atoms with Gasteiger partial charge in [-0.3, -0.25) is 9.59 Å². The lowest BCUT2D eigenvalue weighted by Gasteiger charge is -2.19. The third-order valence-electron chi connectivity index (χ3n) is 6.43. The summed E-state index contributed by atoms with van der Waals surface area (Å²) in [5.74, 6) is -1.79. The highest BCUT2D eigenvalue weighted by molar-refractivity contribution is 6.32. The molecule has 32 heavy (non-hydrogen) atoms. The van der Waals surface area contributed by atoms with Crippen molar-refractivity contribution in [3.05, 3.63) is 28.8 Å². The Kier molecular flexibility index (Phi) is 11.3. The van der Waals surface area contributed by atoms with Crippen LogP contribution in [0.5, 0.6) is 5.75 Å². The minimum absolute atomic E-state index is 0.105. The zero-order chi connectivity index (χ0) is 23.4. The smallest absolute Gasteiger partial charge is 0.321 e. The van der Waals surface area contributed by atoms with E-state index in [1.54, 1.807) is 0 Å². The molecule has 0 spiro atoms. The molecule has 6 nitrogen and oxygen atoms in total. The number of benzene rings is 1. The average molecular weight is 468 g/mol. The molecule has 1 aromatic rings. The van der Waals surface area contributed by atoms with Gasteiger partial charge in [0.25, 0.3) is 0 Å². The molecule has 0 radical (unpaired) electrons. The minimum Gasteiger partial charge on any atom is -0.492 e. The van der Waals surface area contributed by atoms with Crippen LogP contribution in [0, 0.1) is 5.41 Å². The monoisotopic (exact) mass is 467 g/mol. The summed E-state index contributed by atoms with van der Waals surface area (Å²) in [6.07, 6.45) is 11.6. The van der Waals surface area contributed by atoms with Gasteiger partial charge in [0.05, 0.1) is 11.6 Å². The van der Waals surface area contributed by atoms with Gasteiger partial charge in [-0.1, -0.05) is 69.5 Å². The Morgan fingerprint density at radius 1 is 1.09 bits per heavy atom. The number of hydrogen-bond donors (Lipinski definition) is 3. The van der Waals surface area contributed by atoms with Gasteiger partial charge in [0.1, 0.15) is 5.75 Å². The maximum Gasteiger partial charge on any atom is 0.321 e. The van der Waals surface area contributed by atoms with E-state index in [2.05, 4.69) is 12.2 Å². The molecular weight excluding hydrogens is 430 g/mol. The molecule has 1 unspecified atom stereocenters. The van der Waals surface area contributed by atoms with Crippen LogP contribution in [0.3, 0.4) is 0 Å². The predicted molar refractivity (Wildman–Crippen MR) is 127 cm³/mol. The van der Waals surface area contributed by atoms with Crippen molar-refractivity contribution in [1.82, 2.24) is 5.32 Å². The van der Waals surface area contributed by atoms with Crippen molar-refractivity contribution in [3.8, 4) is 5.75 Å². The first kappa shape index (κ1) is 26.5. The van der Waals surface area contributed by atoms with Crippen molar-refractivity contribution in [1.29, 1.82) is 0 Å². The molecule has 180 valence electrons. The average Bonchev–Trinajstić information content (AvgIpc) is 3.20. The molecule has 1 aliphatic carbocycles. The second-order valence-corrected chi connectivity index (χ2v) is 9.33. The van der Waals surface area contributed by atoms with Gasteiger partial charge in [-0.15, -0.1) is 0 Å². The molecule has 0 bridgehead atoms. The molecule has 1 fully saturated rings. The quantitative estimate of drug-likeness (QED) is 0.213. The van der Waals surface area contributed by atoms with Crippen LogP contribution in [0.25, 0.3) is 0 Å². The fraction of sp³-hybridized carbons (Fsp3) is 0.680. The Bertz CT molecular complexity index is 725. The van der Waals surface area contributed by atoms with Gasteiger partial charge in [0.15, 0.2) is 5.41 Å². The minimum atomic E-state index is -1.66. The van der Waals surface area contributed by atoms with Gasteiger partial charge >= 0.3 is 11.9 Å². The van der Waals surface area contributed by atoms with Gasteiger partial charge in [-0.25, -0.2) is 0 Å². The van der Waals surface area contributed by atoms with Crippen LogP contribution >= 0.6 is 11.6 Å². The van der Waals surface area contributed by atoms with Crippen molar-refractivity contribution in [3.63, 3.8) is 0 Å². The van der Waals surface area contributed by atoms with Gasteiger partial charge in [0.2, 0.25) is 0 Å². The maximum atomic E-state index is 11.4. The number of unbranched alkanes of at least 4 members (excludes halogenated alkanes) is 7. The summed E-state index contributed by atoms with van der Waals surface area (Å²) in [7, 11) is 0. The van der Waals surface area contributed by atoms with E-state index < -0.39 is 17.4 Å². The van der Waals surface area contributed by atoms with Crippen LogP contribution in [-0.2, 0) is 16.0 Å². The normalized spacial score (nSPS) is 17.4. The van der Waals surface area contributed by atoms with Gasteiger partial charge in [-0.05, 0) is 56.3 Å². The zero-order valence-electron chi connectivity index (χ0n) is 19.2. The second-order valence-electron chi connectivity index (χ2n) is 8.92. The van der Waals surface area contributed by atoms with Gasteiger partial charge in [0, 0.05) is 6.04 Å². The van der Waals surface area contributed by atoms with E-state index in [4.69, 9.17) is 16.3 Å². The Labute approximate surface area is 196 Å². The number of carboxylic acid groups (broad SMARTS) is 2.